The van der Waals surface area contributed by atoms with Crippen molar-refractivity contribution in [3.8, 4) is 11.6 Å². The van der Waals surface area contributed by atoms with Crippen LogP contribution in [0.2, 0.25) is 0 Å². The van der Waals surface area contributed by atoms with Gasteiger partial charge in [-0.3, -0.25) is 9.52 Å². The van der Waals surface area contributed by atoms with Gasteiger partial charge in [-0.1, -0.05) is 6.07 Å². The van der Waals surface area contributed by atoms with E-state index in [2.05, 4.69) is 15.0 Å². The first-order valence-corrected chi connectivity index (χ1v) is 10.4. The van der Waals surface area contributed by atoms with Gasteiger partial charge in [-0.15, -0.1) is 0 Å². The maximum absolute atomic E-state index is 12.7. The molecule has 1 aromatic heterocycles. The summed E-state index contributed by atoms with van der Waals surface area (Å²) in [5, 5.41) is 2.70. The Bertz CT molecular complexity index is 1160. The third-order valence-corrected chi connectivity index (χ3v) is 5.56. The third kappa shape index (κ3) is 4.87. The number of hydrogen-bond acceptors (Lipinski definition) is 6. The molecule has 9 heteroatoms. The largest absolute Gasteiger partial charge is 0.497 e. The highest BCUT2D eigenvalue weighted by molar-refractivity contribution is 7.92. The number of benzene rings is 2. The Balaban J connectivity index is 1.82. The van der Waals surface area contributed by atoms with E-state index in [1.54, 1.807) is 36.5 Å². The van der Waals surface area contributed by atoms with E-state index in [0.29, 0.717) is 17.1 Å². The Morgan fingerprint density at radius 1 is 1.00 bits per heavy atom. The van der Waals surface area contributed by atoms with Crippen LogP contribution in [0.25, 0.3) is 0 Å². The van der Waals surface area contributed by atoms with Gasteiger partial charge in [-0.25, -0.2) is 13.4 Å². The van der Waals surface area contributed by atoms with E-state index in [1.807, 2.05) is 6.92 Å². The molecule has 156 valence electrons. The maximum atomic E-state index is 12.7. The topological polar surface area (TPSA) is 107 Å². The van der Waals surface area contributed by atoms with E-state index in [9.17, 15) is 13.2 Å². The van der Waals surface area contributed by atoms with Crippen LogP contribution in [-0.4, -0.2) is 33.5 Å². The fourth-order valence-electron chi connectivity index (χ4n) is 2.68. The lowest BCUT2D eigenvalue weighted by molar-refractivity contribution is 0.102. The molecule has 2 aromatic carbocycles. The van der Waals surface area contributed by atoms with Crippen LogP contribution in [0.15, 0.2) is 65.7 Å². The molecule has 0 unspecified atom stereocenters. The Morgan fingerprint density at radius 2 is 1.73 bits per heavy atom. The normalized spacial score (nSPS) is 10.9. The van der Waals surface area contributed by atoms with E-state index in [1.165, 1.54) is 38.5 Å². The van der Waals surface area contributed by atoms with Crippen LogP contribution in [0.5, 0.6) is 11.6 Å². The molecule has 0 spiro atoms. The van der Waals surface area contributed by atoms with Gasteiger partial charge in [0.05, 0.1) is 19.1 Å². The number of rotatable bonds is 7. The molecule has 0 saturated heterocycles. The van der Waals surface area contributed by atoms with E-state index >= 15 is 0 Å². The van der Waals surface area contributed by atoms with Gasteiger partial charge in [0.1, 0.15) is 11.4 Å². The third-order valence-electron chi connectivity index (χ3n) is 4.18. The van der Waals surface area contributed by atoms with Crippen molar-refractivity contribution in [2.45, 2.75) is 11.8 Å². The van der Waals surface area contributed by atoms with Crippen LogP contribution < -0.4 is 19.5 Å². The summed E-state index contributed by atoms with van der Waals surface area (Å²) in [5.74, 6) is 0.388. The summed E-state index contributed by atoms with van der Waals surface area (Å²) in [6, 6.07) is 13.9. The van der Waals surface area contributed by atoms with E-state index in [0.717, 1.165) is 5.56 Å². The Labute approximate surface area is 174 Å². The molecule has 0 radical (unpaired) electrons. The van der Waals surface area contributed by atoms with Crippen molar-refractivity contribution in [3.05, 3.63) is 71.9 Å². The van der Waals surface area contributed by atoms with E-state index < -0.39 is 15.9 Å². The van der Waals surface area contributed by atoms with Crippen LogP contribution in [0.1, 0.15) is 15.9 Å². The zero-order valence-corrected chi connectivity index (χ0v) is 17.5. The number of nitrogens with one attached hydrogen (secondary N) is 2. The second-order valence-electron chi connectivity index (χ2n) is 6.39. The summed E-state index contributed by atoms with van der Waals surface area (Å²) in [6.45, 7) is 1.83. The fraction of sp³-hybridized carbons (Fsp3) is 0.143. The molecule has 0 aliphatic rings. The predicted octanol–water partition coefficient (Wildman–Crippen LogP) is 3.46. The van der Waals surface area contributed by atoms with Gasteiger partial charge < -0.3 is 14.8 Å². The van der Waals surface area contributed by atoms with Crippen molar-refractivity contribution < 1.29 is 22.7 Å². The van der Waals surface area contributed by atoms with Gasteiger partial charge in [0.25, 0.3) is 15.9 Å². The molecular formula is C21H21N3O5S. The molecule has 1 heterocycles. The molecule has 1 amide bonds. The van der Waals surface area contributed by atoms with E-state index in [-0.39, 0.29) is 16.3 Å². The number of nitrogens with zero attached hydrogens (tertiary/aromatic N) is 1. The number of aryl methyl sites for hydroxylation is 1. The number of ether oxygens (including phenoxy) is 2. The van der Waals surface area contributed by atoms with Gasteiger partial charge in [-0.2, -0.15) is 0 Å². The minimum atomic E-state index is -3.89. The summed E-state index contributed by atoms with van der Waals surface area (Å²) in [6.07, 6.45) is 1.62. The number of aromatic nitrogens is 1. The van der Waals surface area contributed by atoms with Crippen LogP contribution in [0.3, 0.4) is 0 Å². The monoisotopic (exact) mass is 427 g/mol. The van der Waals surface area contributed by atoms with Gasteiger partial charge in [0, 0.05) is 17.4 Å². The summed E-state index contributed by atoms with van der Waals surface area (Å²) in [7, 11) is -0.913. The highest BCUT2D eigenvalue weighted by Crippen LogP contribution is 2.24. The second-order valence-corrected chi connectivity index (χ2v) is 8.07. The molecule has 2 N–H and O–H groups in total. The molecule has 3 rings (SSSR count). The Morgan fingerprint density at radius 3 is 2.40 bits per heavy atom. The maximum Gasteiger partial charge on any atom is 0.261 e. The molecule has 0 aliphatic carbocycles. The molecular weight excluding hydrogens is 406 g/mol. The Kier molecular flexibility index (Phi) is 6.22. The number of carbonyl (C=O) groups is 1. The summed E-state index contributed by atoms with van der Waals surface area (Å²) in [4.78, 5) is 16.7. The zero-order valence-electron chi connectivity index (χ0n) is 16.7. The number of sulfonamides is 1. The lowest BCUT2D eigenvalue weighted by Gasteiger charge is -2.12. The van der Waals surface area contributed by atoms with Crippen molar-refractivity contribution in [1.82, 2.24) is 4.98 Å². The molecule has 3 aromatic rings. The molecule has 0 bridgehead atoms. The minimum absolute atomic E-state index is 0.0414. The fourth-order valence-corrected chi connectivity index (χ4v) is 3.79. The molecule has 8 nitrogen and oxygen atoms in total. The minimum Gasteiger partial charge on any atom is -0.497 e. The first-order valence-electron chi connectivity index (χ1n) is 8.91. The number of anilines is 2. The van der Waals surface area contributed by atoms with Gasteiger partial charge in [0.15, 0.2) is 0 Å². The lowest BCUT2D eigenvalue weighted by Crippen LogP contribution is -2.16. The summed E-state index contributed by atoms with van der Waals surface area (Å²) in [5.41, 5.74) is 1.79. The number of methoxy groups -OCH3 is 2. The van der Waals surface area contributed by atoms with Gasteiger partial charge >= 0.3 is 0 Å². The molecule has 30 heavy (non-hydrogen) atoms. The van der Waals surface area contributed by atoms with Crippen molar-refractivity contribution in [3.63, 3.8) is 0 Å². The van der Waals surface area contributed by atoms with Crippen LogP contribution in [0, 0.1) is 6.92 Å². The quantitative estimate of drug-likeness (QED) is 0.598. The SMILES string of the molecule is COc1ccc(NS(=O)(=O)c2cccc(C(=O)Nc3cc(C)cnc3OC)c2)cc1. The van der Waals surface area contributed by atoms with Crippen molar-refractivity contribution >= 4 is 27.3 Å². The lowest BCUT2D eigenvalue weighted by atomic mass is 10.2. The smallest absolute Gasteiger partial charge is 0.261 e. The van der Waals surface area contributed by atoms with Crippen LogP contribution in [-0.2, 0) is 10.0 Å². The first kappa shape index (κ1) is 21.1. The van der Waals surface area contributed by atoms with Crippen molar-refractivity contribution in [1.29, 1.82) is 0 Å². The number of hydrogen-bond donors (Lipinski definition) is 2. The molecule has 0 aliphatic heterocycles. The van der Waals surface area contributed by atoms with Crippen LogP contribution >= 0.6 is 0 Å². The Hall–Kier alpha value is -3.59. The number of pyridine rings is 1. The van der Waals surface area contributed by atoms with Crippen molar-refractivity contribution in [2.75, 3.05) is 24.3 Å². The summed E-state index contributed by atoms with van der Waals surface area (Å²) < 4.78 is 38.2. The standard InChI is InChI=1S/C21H21N3O5S/c1-14-11-19(21(29-3)22-13-14)23-20(25)15-5-4-6-18(12-15)30(26,27)24-16-7-9-17(28-2)10-8-16/h4-13,24H,1-3H3,(H,23,25). The zero-order chi connectivity index (χ0) is 21.7. The summed E-state index contributed by atoms with van der Waals surface area (Å²) >= 11 is 0. The van der Waals surface area contributed by atoms with E-state index in [4.69, 9.17) is 9.47 Å². The average molecular weight is 427 g/mol. The number of amides is 1. The number of carbonyl (C=O) groups excluding carboxylic acids is 1. The second kappa shape index (κ2) is 8.83. The van der Waals surface area contributed by atoms with Crippen LogP contribution in [0.4, 0.5) is 11.4 Å². The predicted molar refractivity (Wildman–Crippen MR) is 114 cm³/mol. The molecule has 0 saturated carbocycles. The highest BCUT2D eigenvalue weighted by Gasteiger charge is 2.18. The highest BCUT2D eigenvalue weighted by atomic mass is 32.2. The molecule has 0 fully saturated rings. The average Bonchev–Trinajstić information content (AvgIpc) is 2.74. The van der Waals surface area contributed by atoms with Crippen molar-refractivity contribution in [2.24, 2.45) is 0 Å². The van der Waals surface area contributed by atoms with Gasteiger partial charge in [-0.05, 0) is 61.0 Å². The molecule has 0 atom stereocenters. The van der Waals surface area contributed by atoms with Gasteiger partial charge in [0.2, 0.25) is 5.88 Å². The first-order chi connectivity index (χ1) is 14.3.